The molecule has 2 aromatic rings. The lowest BCUT2D eigenvalue weighted by Crippen LogP contribution is -2.50. The molecule has 1 N–H and O–H groups in total. The predicted molar refractivity (Wildman–Crippen MR) is 108 cm³/mol. The Morgan fingerprint density at radius 1 is 1.00 bits per heavy atom. The third kappa shape index (κ3) is 4.34. The van der Waals surface area contributed by atoms with E-state index >= 15 is 0 Å². The van der Waals surface area contributed by atoms with Gasteiger partial charge in [0.2, 0.25) is 0 Å². The highest BCUT2D eigenvalue weighted by atomic mass is 35.5. The van der Waals surface area contributed by atoms with E-state index in [2.05, 4.69) is 0 Å². The van der Waals surface area contributed by atoms with E-state index in [9.17, 15) is 14.7 Å². The zero-order valence-electron chi connectivity index (χ0n) is 15.3. The summed E-state index contributed by atoms with van der Waals surface area (Å²) in [7, 11) is 0. The number of hydrogen-bond donors (Lipinski definition) is 1. The van der Waals surface area contributed by atoms with E-state index in [-0.39, 0.29) is 28.3 Å². The summed E-state index contributed by atoms with van der Waals surface area (Å²) in [6.07, 6.45) is 0. The average Bonchev–Trinajstić information content (AvgIpc) is 2.70. The first-order valence-electron chi connectivity index (χ1n) is 8.90. The highest BCUT2D eigenvalue weighted by molar-refractivity contribution is 6.32. The number of piperazine rings is 1. The number of phenols is 1. The molecule has 1 aliphatic heterocycles. The van der Waals surface area contributed by atoms with Gasteiger partial charge in [-0.3, -0.25) is 9.59 Å². The van der Waals surface area contributed by atoms with Crippen molar-refractivity contribution in [2.75, 3.05) is 32.8 Å². The number of benzene rings is 2. The van der Waals surface area contributed by atoms with Gasteiger partial charge in [0.25, 0.3) is 11.8 Å². The zero-order chi connectivity index (χ0) is 20.3. The monoisotopic (exact) mass is 422 g/mol. The van der Waals surface area contributed by atoms with Crippen LogP contribution >= 0.6 is 23.2 Å². The van der Waals surface area contributed by atoms with Gasteiger partial charge in [0, 0.05) is 42.3 Å². The van der Waals surface area contributed by atoms with Gasteiger partial charge < -0.3 is 19.6 Å². The van der Waals surface area contributed by atoms with Gasteiger partial charge in [-0.2, -0.15) is 0 Å². The number of carbonyl (C=O) groups excluding carboxylic acids is 2. The molecular formula is C20H20Cl2N2O4. The summed E-state index contributed by atoms with van der Waals surface area (Å²) >= 11 is 12.0. The van der Waals surface area contributed by atoms with Crippen LogP contribution in [0.3, 0.4) is 0 Å². The van der Waals surface area contributed by atoms with Crippen LogP contribution in [0, 0.1) is 0 Å². The Balaban J connectivity index is 1.68. The minimum absolute atomic E-state index is 0.0593. The van der Waals surface area contributed by atoms with Gasteiger partial charge in [0.05, 0.1) is 11.6 Å². The molecule has 1 heterocycles. The smallest absolute Gasteiger partial charge is 0.254 e. The largest absolute Gasteiger partial charge is 0.503 e. The first-order chi connectivity index (χ1) is 13.4. The fourth-order valence-electron chi connectivity index (χ4n) is 3.06. The summed E-state index contributed by atoms with van der Waals surface area (Å²) in [4.78, 5) is 28.8. The molecule has 1 saturated heterocycles. The molecule has 28 heavy (non-hydrogen) atoms. The molecule has 0 bridgehead atoms. The quantitative estimate of drug-likeness (QED) is 0.815. The van der Waals surface area contributed by atoms with Crippen molar-refractivity contribution in [3.63, 3.8) is 0 Å². The number of carbonyl (C=O) groups is 2. The van der Waals surface area contributed by atoms with Gasteiger partial charge in [0.15, 0.2) is 11.5 Å². The molecule has 0 aliphatic carbocycles. The van der Waals surface area contributed by atoms with Crippen molar-refractivity contribution in [1.82, 2.24) is 9.80 Å². The van der Waals surface area contributed by atoms with E-state index in [1.54, 1.807) is 41.0 Å². The topological polar surface area (TPSA) is 70.1 Å². The number of ether oxygens (including phenoxy) is 1. The first-order valence-corrected chi connectivity index (χ1v) is 9.65. The molecule has 2 aromatic carbocycles. The number of halogens is 2. The third-order valence-electron chi connectivity index (χ3n) is 4.50. The number of hydrogen-bond acceptors (Lipinski definition) is 4. The number of nitrogens with zero attached hydrogens (tertiary/aromatic N) is 2. The molecule has 0 unspecified atom stereocenters. The normalized spacial score (nSPS) is 14.1. The van der Waals surface area contributed by atoms with Crippen molar-refractivity contribution in [3.05, 3.63) is 57.6 Å². The zero-order valence-corrected chi connectivity index (χ0v) is 16.8. The summed E-state index contributed by atoms with van der Waals surface area (Å²) < 4.78 is 5.33. The van der Waals surface area contributed by atoms with Gasteiger partial charge >= 0.3 is 0 Å². The molecule has 0 aromatic heterocycles. The van der Waals surface area contributed by atoms with Gasteiger partial charge in [-0.15, -0.1) is 0 Å². The summed E-state index contributed by atoms with van der Waals surface area (Å²) in [5.74, 6) is -0.344. The Morgan fingerprint density at radius 2 is 1.61 bits per heavy atom. The van der Waals surface area contributed by atoms with Crippen LogP contribution in [0.5, 0.6) is 11.5 Å². The summed E-state index contributed by atoms with van der Waals surface area (Å²) in [5.41, 5.74) is 0.861. The predicted octanol–water partition coefficient (Wildman–Crippen LogP) is 3.70. The van der Waals surface area contributed by atoms with Gasteiger partial charge in [0.1, 0.15) is 0 Å². The fourth-order valence-corrected chi connectivity index (χ4v) is 3.46. The van der Waals surface area contributed by atoms with Crippen LogP contribution in [0.4, 0.5) is 0 Å². The maximum absolute atomic E-state index is 12.8. The van der Waals surface area contributed by atoms with Crippen LogP contribution in [-0.4, -0.2) is 59.5 Å². The van der Waals surface area contributed by atoms with E-state index in [0.717, 1.165) is 0 Å². The van der Waals surface area contributed by atoms with Crippen LogP contribution in [0.25, 0.3) is 0 Å². The van der Waals surface area contributed by atoms with Crippen molar-refractivity contribution < 1.29 is 19.4 Å². The number of rotatable bonds is 4. The number of aromatic hydroxyl groups is 1. The van der Waals surface area contributed by atoms with Crippen molar-refractivity contribution in [1.29, 1.82) is 0 Å². The molecule has 6 nitrogen and oxygen atoms in total. The van der Waals surface area contributed by atoms with Crippen molar-refractivity contribution in [3.8, 4) is 11.5 Å². The van der Waals surface area contributed by atoms with Crippen LogP contribution in [0.15, 0.2) is 36.4 Å². The minimum Gasteiger partial charge on any atom is -0.503 e. The summed E-state index contributed by atoms with van der Waals surface area (Å²) in [5, 5.41) is 10.5. The second-order valence-electron chi connectivity index (χ2n) is 6.33. The van der Waals surface area contributed by atoms with E-state index in [0.29, 0.717) is 48.9 Å². The standard InChI is InChI=1S/C20H20Cl2N2O4/c1-2-28-17-12-14(11-16(22)18(17)25)20(27)24-8-6-23(7-9-24)19(26)13-4-3-5-15(21)10-13/h3-5,10-12,25H,2,6-9H2,1H3. The molecule has 148 valence electrons. The van der Waals surface area contributed by atoms with Crippen LogP contribution in [-0.2, 0) is 0 Å². The summed E-state index contributed by atoms with van der Waals surface area (Å²) in [6.45, 7) is 3.74. The van der Waals surface area contributed by atoms with Crippen LogP contribution in [0.1, 0.15) is 27.6 Å². The number of phenolic OH excluding ortho intramolecular Hbond substituents is 1. The molecule has 0 radical (unpaired) electrons. The second-order valence-corrected chi connectivity index (χ2v) is 7.18. The lowest BCUT2D eigenvalue weighted by molar-refractivity contribution is 0.0535. The van der Waals surface area contributed by atoms with Crippen LogP contribution in [0.2, 0.25) is 10.0 Å². The molecule has 0 atom stereocenters. The average molecular weight is 423 g/mol. The highest BCUT2D eigenvalue weighted by Gasteiger charge is 2.26. The van der Waals surface area contributed by atoms with Crippen molar-refractivity contribution in [2.24, 2.45) is 0 Å². The second kappa shape index (κ2) is 8.71. The van der Waals surface area contributed by atoms with Crippen molar-refractivity contribution >= 4 is 35.0 Å². The maximum atomic E-state index is 12.8. The molecule has 3 rings (SSSR count). The van der Waals surface area contributed by atoms with Gasteiger partial charge in [-0.25, -0.2) is 0 Å². The Kier molecular flexibility index (Phi) is 6.31. The molecule has 0 spiro atoms. The first kappa shape index (κ1) is 20.3. The SMILES string of the molecule is CCOc1cc(C(=O)N2CCN(C(=O)c3cccc(Cl)c3)CC2)cc(Cl)c1O. The third-order valence-corrected chi connectivity index (χ3v) is 5.02. The Bertz CT molecular complexity index is 896. The van der Waals surface area contributed by atoms with E-state index in [1.807, 2.05) is 0 Å². The highest BCUT2D eigenvalue weighted by Crippen LogP contribution is 2.35. The molecule has 1 fully saturated rings. The Hall–Kier alpha value is -2.44. The van der Waals surface area contributed by atoms with Gasteiger partial charge in [-0.05, 0) is 37.3 Å². The molecule has 1 aliphatic rings. The van der Waals surface area contributed by atoms with E-state index in [4.69, 9.17) is 27.9 Å². The summed E-state index contributed by atoms with van der Waals surface area (Å²) in [6, 6.07) is 9.71. The Morgan fingerprint density at radius 3 is 2.18 bits per heavy atom. The van der Waals surface area contributed by atoms with E-state index in [1.165, 1.54) is 12.1 Å². The van der Waals surface area contributed by atoms with Crippen molar-refractivity contribution in [2.45, 2.75) is 6.92 Å². The molecule has 2 amide bonds. The lowest BCUT2D eigenvalue weighted by Gasteiger charge is -2.35. The maximum Gasteiger partial charge on any atom is 0.254 e. The van der Waals surface area contributed by atoms with Crippen LogP contribution < -0.4 is 4.74 Å². The minimum atomic E-state index is -0.224. The molecule has 8 heteroatoms. The lowest BCUT2D eigenvalue weighted by atomic mass is 10.1. The Labute approximate surface area is 173 Å². The van der Waals surface area contributed by atoms with Gasteiger partial charge in [-0.1, -0.05) is 29.3 Å². The number of amides is 2. The molecule has 0 saturated carbocycles. The fraction of sp³-hybridized carbons (Fsp3) is 0.300. The molecular weight excluding hydrogens is 403 g/mol. The van der Waals surface area contributed by atoms with E-state index < -0.39 is 0 Å².